The van der Waals surface area contributed by atoms with E-state index in [1.54, 1.807) is 24.5 Å². The van der Waals surface area contributed by atoms with Gasteiger partial charge in [-0.15, -0.1) is 0 Å². The van der Waals surface area contributed by atoms with E-state index in [1.165, 1.54) is 0 Å². The zero-order valence-electron chi connectivity index (χ0n) is 13.0. The molecule has 0 unspecified atom stereocenters. The lowest BCUT2D eigenvalue weighted by molar-refractivity contribution is -0.127. The third-order valence-electron chi connectivity index (χ3n) is 4.41. The molecule has 2 N–H and O–H groups in total. The van der Waals surface area contributed by atoms with Gasteiger partial charge in [0.25, 0.3) is 0 Å². The van der Waals surface area contributed by atoms with Crippen LogP contribution in [0.5, 0.6) is 0 Å². The van der Waals surface area contributed by atoms with Crippen LogP contribution in [0, 0.1) is 0 Å². The summed E-state index contributed by atoms with van der Waals surface area (Å²) in [5, 5.41) is 12.9. The molecule has 0 saturated carbocycles. The van der Waals surface area contributed by atoms with E-state index in [0.717, 1.165) is 18.4 Å². The molecule has 1 saturated heterocycles. The number of carbonyl (C=O) groups is 1. The second-order valence-electron chi connectivity index (χ2n) is 5.94. The van der Waals surface area contributed by atoms with Crippen LogP contribution in [-0.4, -0.2) is 45.6 Å². The molecule has 1 aliphatic heterocycles. The quantitative estimate of drug-likeness (QED) is 0.862. The first-order valence-corrected chi connectivity index (χ1v) is 7.64. The molecule has 4 atom stereocenters. The van der Waals surface area contributed by atoms with Crippen molar-refractivity contribution in [3.8, 4) is 0 Å². The van der Waals surface area contributed by atoms with Crippen molar-refractivity contribution in [2.45, 2.75) is 57.8 Å². The maximum Gasteiger partial charge on any atom is 0.237 e. The van der Waals surface area contributed by atoms with Gasteiger partial charge in [0.1, 0.15) is 0 Å². The van der Waals surface area contributed by atoms with Crippen LogP contribution in [0.1, 0.15) is 45.3 Å². The van der Waals surface area contributed by atoms with Gasteiger partial charge in [-0.05, 0) is 51.3 Å². The summed E-state index contributed by atoms with van der Waals surface area (Å²) in [6.45, 7) is 6.49. The van der Waals surface area contributed by atoms with Gasteiger partial charge in [-0.2, -0.15) is 0 Å². The number of aliphatic hydroxyl groups excluding tert-OH is 1. The van der Waals surface area contributed by atoms with E-state index in [2.05, 4.69) is 29.0 Å². The van der Waals surface area contributed by atoms with Gasteiger partial charge < -0.3 is 10.4 Å². The van der Waals surface area contributed by atoms with Crippen LogP contribution in [0.15, 0.2) is 24.5 Å². The first-order valence-electron chi connectivity index (χ1n) is 7.64. The molecule has 2 heterocycles. The molecule has 1 aromatic rings. The Hall–Kier alpha value is -1.46. The number of aliphatic hydroxyl groups is 1. The van der Waals surface area contributed by atoms with Crippen LogP contribution >= 0.6 is 0 Å². The van der Waals surface area contributed by atoms with Crippen LogP contribution in [-0.2, 0) is 4.79 Å². The molecule has 5 heteroatoms. The molecule has 0 spiro atoms. The van der Waals surface area contributed by atoms with Gasteiger partial charge in [-0.1, -0.05) is 0 Å². The molecule has 1 aromatic heterocycles. The average molecular weight is 291 g/mol. The average Bonchev–Trinajstić information content (AvgIpc) is 2.83. The van der Waals surface area contributed by atoms with Gasteiger partial charge in [0.15, 0.2) is 0 Å². The molecule has 0 aliphatic carbocycles. The molecular weight excluding hydrogens is 266 g/mol. The number of pyridine rings is 1. The predicted molar refractivity (Wildman–Crippen MR) is 81.7 cm³/mol. The van der Waals surface area contributed by atoms with E-state index in [9.17, 15) is 9.90 Å². The number of nitrogens with zero attached hydrogens (tertiary/aromatic N) is 2. The summed E-state index contributed by atoms with van der Waals surface area (Å²) < 4.78 is 0. The Kier molecular flexibility index (Phi) is 5.31. The molecule has 21 heavy (non-hydrogen) atoms. The Morgan fingerprint density at radius 3 is 2.52 bits per heavy atom. The third-order valence-corrected chi connectivity index (χ3v) is 4.41. The van der Waals surface area contributed by atoms with Crippen molar-refractivity contribution in [1.29, 1.82) is 0 Å². The van der Waals surface area contributed by atoms with E-state index >= 15 is 0 Å². The van der Waals surface area contributed by atoms with E-state index in [1.807, 2.05) is 6.92 Å². The highest BCUT2D eigenvalue weighted by Crippen LogP contribution is 2.25. The molecule has 2 rings (SSSR count). The zero-order chi connectivity index (χ0) is 15.4. The number of likely N-dealkylation sites (tertiary alicyclic amines) is 1. The monoisotopic (exact) mass is 291 g/mol. The van der Waals surface area contributed by atoms with Gasteiger partial charge >= 0.3 is 0 Å². The van der Waals surface area contributed by atoms with Crippen molar-refractivity contribution >= 4 is 5.91 Å². The minimum atomic E-state index is -0.697. The molecule has 5 nitrogen and oxygen atoms in total. The van der Waals surface area contributed by atoms with E-state index in [4.69, 9.17) is 0 Å². The Labute approximate surface area is 126 Å². The van der Waals surface area contributed by atoms with Crippen LogP contribution in [0.4, 0.5) is 0 Å². The molecule has 0 aromatic carbocycles. The van der Waals surface area contributed by atoms with Gasteiger partial charge in [-0.25, -0.2) is 0 Å². The Bertz CT molecular complexity index is 456. The highest BCUT2D eigenvalue weighted by Gasteiger charge is 2.34. The highest BCUT2D eigenvalue weighted by molar-refractivity contribution is 5.81. The molecular formula is C16H25N3O2. The number of hydrogen-bond donors (Lipinski definition) is 2. The topological polar surface area (TPSA) is 65.5 Å². The molecule has 116 valence electrons. The van der Waals surface area contributed by atoms with E-state index in [-0.39, 0.29) is 18.5 Å². The zero-order valence-corrected chi connectivity index (χ0v) is 13.0. The third kappa shape index (κ3) is 3.80. The summed E-state index contributed by atoms with van der Waals surface area (Å²) in [4.78, 5) is 18.5. The molecule has 0 bridgehead atoms. The van der Waals surface area contributed by atoms with Gasteiger partial charge in [-0.3, -0.25) is 14.7 Å². The summed E-state index contributed by atoms with van der Waals surface area (Å²) in [5.41, 5.74) is 0.765. The SMILES string of the molecule is C[C@@H]1CC[C@H](C)N1[C@H](C)C(=O)NC[C@H](O)c1ccncc1. The minimum absolute atomic E-state index is 0.0243. The number of amides is 1. The summed E-state index contributed by atoms with van der Waals surface area (Å²) in [6, 6.07) is 4.22. The van der Waals surface area contributed by atoms with Crippen molar-refractivity contribution in [1.82, 2.24) is 15.2 Å². The van der Waals surface area contributed by atoms with Crippen molar-refractivity contribution < 1.29 is 9.90 Å². The normalized spacial score (nSPS) is 25.5. The van der Waals surface area contributed by atoms with Crippen molar-refractivity contribution in [2.75, 3.05) is 6.54 Å². The van der Waals surface area contributed by atoms with Crippen molar-refractivity contribution in [3.63, 3.8) is 0 Å². The summed E-state index contributed by atoms with van der Waals surface area (Å²) >= 11 is 0. The fraction of sp³-hybridized carbons (Fsp3) is 0.625. The molecule has 1 aliphatic rings. The summed E-state index contributed by atoms with van der Waals surface area (Å²) in [6.07, 6.45) is 4.85. The maximum absolute atomic E-state index is 12.3. The molecule has 1 fully saturated rings. The fourth-order valence-electron chi connectivity index (χ4n) is 3.16. The minimum Gasteiger partial charge on any atom is -0.387 e. The lowest BCUT2D eigenvalue weighted by Gasteiger charge is -2.31. The smallest absolute Gasteiger partial charge is 0.237 e. The molecule has 1 amide bonds. The summed E-state index contributed by atoms with van der Waals surface area (Å²) in [5.74, 6) is -0.0243. The first kappa shape index (κ1) is 15.9. The first-order chi connectivity index (χ1) is 10.0. The number of carbonyl (C=O) groups excluding carboxylic acids is 1. The van der Waals surface area contributed by atoms with E-state index in [0.29, 0.717) is 12.1 Å². The lowest BCUT2D eigenvalue weighted by atomic mass is 10.1. The van der Waals surface area contributed by atoms with Gasteiger partial charge in [0, 0.05) is 31.0 Å². The Morgan fingerprint density at radius 2 is 1.95 bits per heavy atom. The maximum atomic E-state index is 12.3. The standard InChI is InChI=1S/C16H25N3O2/c1-11-4-5-12(2)19(11)13(3)16(21)18-10-15(20)14-6-8-17-9-7-14/h6-9,11-13,15,20H,4-5,10H2,1-3H3,(H,18,21)/t11-,12+,13-,15+/m1/s1. The second-order valence-corrected chi connectivity index (χ2v) is 5.94. The number of rotatable bonds is 5. The largest absolute Gasteiger partial charge is 0.387 e. The van der Waals surface area contributed by atoms with Crippen LogP contribution in [0.3, 0.4) is 0 Å². The number of hydrogen-bond acceptors (Lipinski definition) is 4. The second kappa shape index (κ2) is 7.00. The van der Waals surface area contributed by atoms with Crippen LogP contribution in [0.25, 0.3) is 0 Å². The van der Waals surface area contributed by atoms with Crippen LogP contribution < -0.4 is 5.32 Å². The highest BCUT2D eigenvalue weighted by atomic mass is 16.3. The van der Waals surface area contributed by atoms with E-state index < -0.39 is 6.10 Å². The van der Waals surface area contributed by atoms with Crippen LogP contribution in [0.2, 0.25) is 0 Å². The predicted octanol–water partition coefficient (Wildman–Crippen LogP) is 1.49. The van der Waals surface area contributed by atoms with Crippen molar-refractivity contribution in [2.24, 2.45) is 0 Å². The summed E-state index contributed by atoms with van der Waals surface area (Å²) in [7, 11) is 0. The van der Waals surface area contributed by atoms with Crippen molar-refractivity contribution in [3.05, 3.63) is 30.1 Å². The Morgan fingerprint density at radius 1 is 1.38 bits per heavy atom. The molecule has 0 radical (unpaired) electrons. The fourth-order valence-corrected chi connectivity index (χ4v) is 3.16. The Balaban J connectivity index is 1.87. The van der Waals surface area contributed by atoms with Gasteiger partial charge in [0.05, 0.1) is 12.1 Å². The number of aromatic nitrogens is 1. The lowest BCUT2D eigenvalue weighted by Crippen LogP contribution is -2.49. The van der Waals surface area contributed by atoms with Gasteiger partial charge in [0.2, 0.25) is 5.91 Å². The number of nitrogens with one attached hydrogen (secondary N) is 1.